The molecule has 27 heavy (non-hydrogen) atoms. The molecule has 2 aromatic rings. The van der Waals surface area contributed by atoms with Gasteiger partial charge in [-0.2, -0.15) is 0 Å². The zero-order valence-corrected chi connectivity index (χ0v) is 15.8. The largest absolute Gasteiger partial charge is 0.379 e. The Hall–Kier alpha value is -2.28. The number of nitro groups is 1. The van der Waals surface area contributed by atoms with Crippen LogP contribution >= 0.6 is 0 Å². The second-order valence-corrected chi connectivity index (χ2v) is 7.04. The summed E-state index contributed by atoms with van der Waals surface area (Å²) in [6.45, 7) is 7.87. The lowest BCUT2D eigenvalue weighted by Gasteiger charge is -2.35. The van der Waals surface area contributed by atoms with E-state index in [1.807, 2.05) is 30.3 Å². The Balaban J connectivity index is 1.77. The van der Waals surface area contributed by atoms with E-state index in [1.54, 1.807) is 12.1 Å². The Labute approximate surface area is 160 Å². The van der Waals surface area contributed by atoms with Crippen molar-refractivity contribution in [1.29, 1.82) is 0 Å². The highest BCUT2D eigenvalue weighted by molar-refractivity contribution is 5.39. The molecule has 0 spiro atoms. The molecule has 1 fully saturated rings. The molecule has 6 nitrogen and oxygen atoms in total. The molecule has 1 atom stereocenters. The van der Waals surface area contributed by atoms with E-state index in [0.717, 1.165) is 45.0 Å². The quantitative estimate of drug-likeness (QED) is 0.528. The van der Waals surface area contributed by atoms with E-state index in [4.69, 9.17) is 4.74 Å². The molecule has 1 heterocycles. The zero-order chi connectivity index (χ0) is 19.1. The van der Waals surface area contributed by atoms with E-state index in [1.165, 1.54) is 5.56 Å². The molecule has 0 aliphatic carbocycles. The highest BCUT2D eigenvalue weighted by Crippen LogP contribution is 2.22. The number of nitrogens with zero attached hydrogens (tertiary/aromatic N) is 3. The zero-order valence-electron chi connectivity index (χ0n) is 15.8. The molecule has 0 amide bonds. The van der Waals surface area contributed by atoms with Crippen LogP contribution in [0.3, 0.4) is 0 Å². The monoisotopic (exact) mass is 369 g/mol. The number of nitro benzene ring substituents is 1. The summed E-state index contributed by atoms with van der Waals surface area (Å²) >= 11 is 0. The molecule has 6 heteroatoms. The standard InChI is InChI=1S/C21H27N3O3/c1-18(15-22-11-13-27-14-12-22)23(16-19-7-3-2-4-8-19)17-20-9-5-6-10-21(20)24(25)26/h2-10,18H,11-17H2,1H3. The third-order valence-corrected chi connectivity index (χ3v) is 5.04. The van der Waals surface area contributed by atoms with Crippen molar-refractivity contribution in [1.82, 2.24) is 9.80 Å². The molecule has 144 valence electrons. The lowest BCUT2D eigenvalue weighted by Crippen LogP contribution is -2.45. The molecule has 1 saturated heterocycles. The molecular formula is C21H27N3O3. The number of benzene rings is 2. The van der Waals surface area contributed by atoms with Crippen LogP contribution in [-0.4, -0.2) is 53.6 Å². The van der Waals surface area contributed by atoms with Crippen LogP contribution in [0.25, 0.3) is 0 Å². The van der Waals surface area contributed by atoms with Crippen molar-refractivity contribution in [3.05, 3.63) is 75.8 Å². The maximum atomic E-state index is 11.4. The van der Waals surface area contributed by atoms with Crippen LogP contribution in [0.4, 0.5) is 5.69 Å². The fourth-order valence-corrected chi connectivity index (χ4v) is 3.50. The molecule has 0 bridgehead atoms. The fraction of sp³-hybridized carbons (Fsp3) is 0.429. The Kier molecular flexibility index (Phi) is 6.92. The van der Waals surface area contributed by atoms with Crippen LogP contribution in [0.5, 0.6) is 0 Å². The van der Waals surface area contributed by atoms with E-state index in [2.05, 4.69) is 28.9 Å². The summed E-state index contributed by atoms with van der Waals surface area (Å²) in [5, 5.41) is 11.4. The minimum atomic E-state index is -0.289. The van der Waals surface area contributed by atoms with Gasteiger partial charge in [-0.3, -0.25) is 19.9 Å². The number of para-hydroxylation sites is 1. The lowest BCUT2D eigenvalue weighted by atomic mass is 10.1. The van der Waals surface area contributed by atoms with Gasteiger partial charge in [0, 0.05) is 50.4 Å². The third-order valence-electron chi connectivity index (χ3n) is 5.04. The first-order chi connectivity index (χ1) is 13.1. The molecule has 0 saturated carbocycles. The van der Waals surface area contributed by atoms with Crippen molar-refractivity contribution in [3.63, 3.8) is 0 Å². The van der Waals surface area contributed by atoms with Gasteiger partial charge in [0.25, 0.3) is 5.69 Å². The van der Waals surface area contributed by atoms with E-state index in [0.29, 0.717) is 6.54 Å². The number of ether oxygens (including phenoxy) is 1. The summed E-state index contributed by atoms with van der Waals surface area (Å²) in [5.74, 6) is 0. The van der Waals surface area contributed by atoms with Crippen LogP contribution in [0.15, 0.2) is 54.6 Å². The average molecular weight is 369 g/mol. The molecule has 0 radical (unpaired) electrons. The highest BCUT2D eigenvalue weighted by atomic mass is 16.6. The molecule has 1 aliphatic rings. The molecule has 0 aromatic heterocycles. The minimum absolute atomic E-state index is 0.189. The molecule has 1 aliphatic heterocycles. The van der Waals surface area contributed by atoms with Crippen LogP contribution in [0.1, 0.15) is 18.1 Å². The Bertz CT molecular complexity index is 732. The van der Waals surface area contributed by atoms with Crippen LogP contribution in [0, 0.1) is 10.1 Å². The van der Waals surface area contributed by atoms with Gasteiger partial charge < -0.3 is 4.74 Å². The lowest BCUT2D eigenvalue weighted by molar-refractivity contribution is -0.385. The summed E-state index contributed by atoms with van der Waals surface area (Å²) in [6.07, 6.45) is 0. The maximum Gasteiger partial charge on any atom is 0.273 e. The van der Waals surface area contributed by atoms with Gasteiger partial charge in [-0.05, 0) is 12.5 Å². The Morgan fingerprint density at radius 1 is 1.07 bits per heavy atom. The molecular weight excluding hydrogens is 342 g/mol. The van der Waals surface area contributed by atoms with Crippen molar-refractivity contribution < 1.29 is 9.66 Å². The summed E-state index contributed by atoms with van der Waals surface area (Å²) in [4.78, 5) is 15.9. The van der Waals surface area contributed by atoms with Gasteiger partial charge in [-0.1, -0.05) is 48.5 Å². The predicted molar refractivity (Wildman–Crippen MR) is 106 cm³/mol. The highest BCUT2D eigenvalue weighted by Gasteiger charge is 2.22. The smallest absolute Gasteiger partial charge is 0.273 e. The number of hydrogen-bond acceptors (Lipinski definition) is 5. The summed E-state index contributed by atoms with van der Waals surface area (Å²) in [5.41, 5.74) is 2.16. The Morgan fingerprint density at radius 2 is 1.74 bits per heavy atom. The fourth-order valence-electron chi connectivity index (χ4n) is 3.50. The van der Waals surface area contributed by atoms with Crippen molar-refractivity contribution in [2.75, 3.05) is 32.8 Å². The first kappa shape index (κ1) is 19.5. The second kappa shape index (κ2) is 9.60. The number of hydrogen-bond donors (Lipinski definition) is 0. The first-order valence-electron chi connectivity index (χ1n) is 9.44. The minimum Gasteiger partial charge on any atom is -0.379 e. The molecule has 2 aromatic carbocycles. The van der Waals surface area contributed by atoms with Gasteiger partial charge in [0.15, 0.2) is 0 Å². The van der Waals surface area contributed by atoms with E-state index < -0.39 is 0 Å². The molecule has 3 rings (SSSR count). The Morgan fingerprint density at radius 3 is 2.44 bits per heavy atom. The van der Waals surface area contributed by atoms with Gasteiger partial charge >= 0.3 is 0 Å². The molecule has 0 N–H and O–H groups in total. The van der Waals surface area contributed by atoms with Crippen LogP contribution in [-0.2, 0) is 17.8 Å². The van der Waals surface area contributed by atoms with E-state index in [-0.39, 0.29) is 16.7 Å². The van der Waals surface area contributed by atoms with Gasteiger partial charge in [-0.25, -0.2) is 0 Å². The maximum absolute atomic E-state index is 11.4. The van der Waals surface area contributed by atoms with Crippen molar-refractivity contribution in [2.45, 2.75) is 26.1 Å². The summed E-state index contributed by atoms with van der Waals surface area (Å²) < 4.78 is 5.44. The second-order valence-electron chi connectivity index (χ2n) is 7.04. The average Bonchev–Trinajstić information content (AvgIpc) is 2.69. The third kappa shape index (κ3) is 5.60. The number of rotatable bonds is 8. The summed E-state index contributed by atoms with van der Waals surface area (Å²) in [7, 11) is 0. The van der Waals surface area contributed by atoms with Gasteiger partial charge in [0.05, 0.1) is 18.1 Å². The van der Waals surface area contributed by atoms with Crippen LogP contribution in [0.2, 0.25) is 0 Å². The van der Waals surface area contributed by atoms with Gasteiger partial charge in [0.1, 0.15) is 0 Å². The SMILES string of the molecule is CC(CN1CCOCC1)N(Cc1ccccc1)Cc1ccccc1[N+](=O)[O-]. The summed E-state index contributed by atoms with van der Waals surface area (Å²) in [6, 6.07) is 17.6. The van der Waals surface area contributed by atoms with E-state index in [9.17, 15) is 10.1 Å². The topological polar surface area (TPSA) is 58.8 Å². The van der Waals surface area contributed by atoms with Crippen molar-refractivity contribution >= 4 is 5.69 Å². The van der Waals surface area contributed by atoms with Crippen molar-refractivity contribution in [2.24, 2.45) is 0 Å². The first-order valence-corrected chi connectivity index (χ1v) is 9.44. The van der Waals surface area contributed by atoms with Crippen LogP contribution < -0.4 is 0 Å². The van der Waals surface area contributed by atoms with E-state index >= 15 is 0 Å². The number of morpholine rings is 1. The van der Waals surface area contributed by atoms with Gasteiger partial charge in [0.2, 0.25) is 0 Å². The normalized spacial score (nSPS) is 16.4. The molecule has 1 unspecified atom stereocenters. The van der Waals surface area contributed by atoms with Gasteiger partial charge in [-0.15, -0.1) is 0 Å². The predicted octanol–water partition coefficient (Wildman–Crippen LogP) is 3.32. The van der Waals surface area contributed by atoms with Crippen molar-refractivity contribution in [3.8, 4) is 0 Å².